The summed E-state index contributed by atoms with van der Waals surface area (Å²) in [6, 6.07) is 14.5. The lowest BCUT2D eigenvalue weighted by Crippen LogP contribution is -2.12. The molecule has 1 unspecified atom stereocenters. The van der Waals surface area contributed by atoms with Gasteiger partial charge in [0.1, 0.15) is 11.4 Å². The molecule has 1 atom stereocenters. The fraction of sp³-hybridized carbons (Fsp3) is 0.381. The number of hydrogen-bond acceptors (Lipinski definition) is 3. The van der Waals surface area contributed by atoms with Crippen molar-refractivity contribution in [3.8, 4) is 0 Å². The molecule has 2 aromatic carbocycles. The maximum absolute atomic E-state index is 11.0. The van der Waals surface area contributed by atoms with E-state index in [-0.39, 0.29) is 0 Å². The topological polar surface area (TPSA) is 58.1 Å². The molecule has 130 valence electrons. The molecule has 4 nitrogen and oxygen atoms in total. The summed E-state index contributed by atoms with van der Waals surface area (Å²) >= 11 is 0. The zero-order valence-electron chi connectivity index (χ0n) is 15.3. The number of aryl methyl sites for hydroxylation is 1. The van der Waals surface area contributed by atoms with Gasteiger partial charge in [0.2, 0.25) is 0 Å². The van der Waals surface area contributed by atoms with Crippen LogP contribution in [-0.2, 0) is 12.0 Å². The van der Waals surface area contributed by atoms with Crippen molar-refractivity contribution in [2.45, 2.75) is 52.0 Å². The van der Waals surface area contributed by atoms with Crippen molar-refractivity contribution in [2.75, 3.05) is 0 Å². The highest BCUT2D eigenvalue weighted by Crippen LogP contribution is 2.28. The number of nitrogens with one attached hydrogen (secondary N) is 1. The third kappa shape index (κ3) is 3.63. The number of nitroso groups, excluding NO2 is 1. The van der Waals surface area contributed by atoms with E-state index >= 15 is 0 Å². The molecular weight excluding hydrogens is 310 g/mol. The van der Waals surface area contributed by atoms with Gasteiger partial charge in [0.05, 0.1) is 11.0 Å². The van der Waals surface area contributed by atoms with Crippen molar-refractivity contribution in [1.29, 1.82) is 0 Å². The molecule has 0 radical (unpaired) electrons. The lowest BCUT2D eigenvalue weighted by atomic mass is 9.91. The molecule has 0 amide bonds. The lowest BCUT2D eigenvalue weighted by molar-refractivity contribution is 0.552. The molecule has 0 bridgehead atoms. The van der Waals surface area contributed by atoms with Crippen LogP contribution in [-0.4, -0.2) is 9.97 Å². The van der Waals surface area contributed by atoms with Crippen LogP contribution >= 0.6 is 0 Å². The van der Waals surface area contributed by atoms with Crippen molar-refractivity contribution in [3.63, 3.8) is 0 Å². The van der Waals surface area contributed by atoms with E-state index < -0.39 is 5.54 Å². The minimum Gasteiger partial charge on any atom is -0.342 e. The third-order valence-electron chi connectivity index (χ3n) is 4.91. The van der Waals surface area contributed by atoms with E-state index in [1.54, 1.807) is 0 Å². The highest BCUT2D eigenvalue weighted by molar-refractivity contribution is 5.75. The zero-order valence-corrected chi connectivity index (χ0v) is 15.3. The Kier molecular flexibility index (Phi) is 4.71. The first-order valence-corrected chi connectivity index (χ1v) is 8.83. The summed E-state index contributed by atoms with van der Waals surface area (Å²) in [5.74, 6) is 1.39. The highest BCUT2D eigenvalue weighted by atomic mass is 16.3. The molecular formula is C21H25N3O. The second kappa shape index (κ2) is 6.79. The Morgan fingerprint density at radius 1 is 1.16 bits per heavy atom. The Morgan fingerprint density at radius 2 is 1.88 bits per heavy atom. The fourth-order valence-corrected chi connectivity index (χ4v) is 3.16. The first kappa shape index (κ1) is 17.3. The summed E-state index contributed by atoms with van der Waals surface area (Å²) < 4.78 is 0. The van der Waals surface area contributed by atoms with Gasteiger partial charge in [-0.2, -0.15) is 0 Å². The van der Waals surface area contributed by atoms with Gasteiger partial charge in [-0.3, -0.25) is 0 Å². The Hall–Kier alpha value is -2.49. The maximum atomic E-state index is 11.0. The van der Waals surface area contributed by atoms with Crippen LogP contribution in [0.25, 0.3) is 11.0 Å². The van der Waals surface area contributed by atoms with Gasteiger partial charge in [-0.05, 0) is 62.4 Å². The summed E-state index contributed by atoms with van der Waals surface area (Å²) in [4.78, 5) is 19.2. The quantitative estimate of drug-likeness (QED) is 0.595. The first-order chi connectivity index (χ1) is 11.9. The molecule has 1 aromatic heterocycles. The van der Waals surface area contributed by atoms with Crippen LogP contribution in [0.4, 0.5) is 0 Å². The average molecular weight is 335 g/mol. The minimum atomic E-state index is -0.681. The normalized spacial score (nSPS) is 13.1. The van der Waals surface area contributed by atoms with Crippen molar-refractivity contribution < 1.29 is 0 Å². The summed E-state index contributed by atoms with van der Waals surface area (Å²) in [7, 11) is 0. The smallest absolute Gasteiger partial charge is 0.122 e. The molecule has 0 aliphatic rings. The number of nitrogens with zero attached hydrogens (tertiary/aromatic N) is 2. The van der Waals surface area contributed by atoms with Gasteiger partial charge in [0, 0.05) is 5.92 Å². The number of imidazole rings is 1. The zero-order chi connectivity index (χ0) is 18.0. The van der Waals surface area contributed by atoms with E-state index in [2.05, 4.69) is 54.3 Å². The molecule has 1 heterocycles. The fourth-order valence-electron chi connectivity index (χ4n) is 3.16. The van der Waals surface area contributed by atoms with Gasteiger partial charge in [-0.25, -0.2) is 4.98 Å². The Balaban J connectivity index is 1.82. The summed E-state index contributed by atoms with van der Waals surface area (Å²) in [5, 5.41) is 3.21. The second-order valence-corrected chi connectivity index (χ2v) is 7.30. The molecule has 4 heteroatoms. The number of fused-ring (bicyclic) bond motifs is 1. The van der Waals surface area contributed by atoms with Gasteiger partial charge in [-0.15, -0.1) is 4.91 Å². The van der Waals surface area contributed by atoms with E-state index in [0.717, 1.165) is 35.3 Å². The Bertz CT molecular complexity index is 878. The van der Waals surface area contributed by atoms with E-state index in [1.165, 1.54) is 11.1 Å². The van der Waals surface area contributed by atoms with Crippen LogP contribution in [0.3, 0.4) is 0 Å². The van der Waals surface area contributed by atoms with Crippen LogP contribution < -0.4 is 0 Å². The highest BCUT2D eigenvalue weighted by Gasteiger charge is 2.21. The van der Waals surface area contributed by atoms with Crippen LogP contribution in [0.2, 0.25) is 0 Å². The summed E-state index contributed by atoms with van der Waals surface area (Å²) in [5.41, 5.74) is 4.86. The largest absolute Gasteiger partial charge is 0.342 e. The predicted octanol–water partition coefficient (Wildman–Crippen LogP) is 5.61. The van der Waals surface area contributed by atoms with Gasteiger partial charge in [0.25, 0.3) is 0 Å². The molecule has 1 N–H and O–H groups in total. The average Bonchev–Trinajstić information content (AvgIpc) is 3.02. The first-order valence-electron chi connectivity index (χ1n) is 8.83. The van der Waals surface area contributed by atoms with Gasteiger partial charge < -0.3 is 4.98 Å². The molecule has 0 fully saturated rings. The molecule has 3 rings (SSSR count). The number of hydrogen-bond donors (Lipinski definition) is 1. The van der Waals surface area contributed by atoms with E-state index in [1.807, 2.05) is 26.0 Å². The maximum Gasteiger partial charge on any atom is 0.122 e. The van der Waals surface area contributed by atoms with E-state index in [4.69, 9.17) is 4.98 Å². The molecule has 0 saturated carbocycles. The van der Waals surface area contributed by atoms with E-state index in [9.17, 15) is 4.91 Å². The summed E-state index contributed by atoms with van der Waals surface area (Å²) in [6.07, 6.45) is 1.94. The predicted molar refractivity (Wildman–Crippen MR) is 103 cm³/mol. The lowest BCUT2D eigenvalue weighted by Gasteiger charge is -2.17. The molecule has 25 heavy (non-hydrogen) atoms. The molecule has 3 aromatic rings. The third-order valence-corrected chi connectivity index (χ3v) is 4.91. The van der Waals surface area contributed by atoms with Crippen LogP contribution in [0.15, 0.2) is 47.6 Å². The molecule has 0 spiro atoms. The minimum absolute atomic E-state index is 0.343. The van der Waals surface area contributed by atoms with Gasteiger partial charge in [0.15, 0.2) is 0 Å². The van der Waals surface area contributed by atoms with Crippen LogP contribution in [0, 0.1) is 11.8 Å². The second-order valence-electron chi connectivity index (χ2n) is 7.30. The number of aromatic amines is 1. The SMILES string of the molecule is CCC(Cc1ccc(C(C)(C)N=O)cc1)c1nc2ccc(C)cc2[nH]1. The summed E-state index contributed by atoms with van der Waals surface area (Å²) in [6.45, 7) is 7.95. The molecule has 0 aliphatic heterocycles. The van der Waals surface area contributed by atoms with Gasteiger partial charge in [-0.1, -0.05) is 42.4 Å². The Labute approximate surface area is 148 Å². The van der Waals surface area contributed by atoms with E-state index in [0.29, 0.717) is 5.92 Å². The molecule has 0 aliphatic carbocycles. The van der Waals surface area contributed by atoms with Crippen molar-refractivity contribution in [3.05, 3.63) is 69.9 Å². The monoisotopic (exact) mass is 335 g/mol. The number of aromatic nitrogens is 2. The van der Waals surface area contributed by atoms with Crippen molar-refractivity contribution >= 4 is 11.0 Å². The Morgan fingerprint density at radius 3 is 2.52 bits per heavy atom. The van der Waals surface area contributed by atoms with Gasteiger partial charge >= 0.3 is 0 Å². The number of rotatable bonds is 6. The number of benzene rings is 2. The standard InChI is InChI=1S/C21H25N3O/c1-5-16(20-22-18-11-6-14(2)12-19(18)23-20)13-15-7-9-17(10-8-15)21(3,4)24-25/h6-12,16H,5,13H2,1-4H3,(H,22,23). The van der Waals surface area contributed by atoms with Crippen LogP contribution in [0.5, 0.6) is 0 Å². The molecule has 0 saturated heterocycles. The van der Waals surface area contributed by atoms with Crippen molar-refractivity contribution in [2.24, 2.45) is 5.18 Å². The van der Waals surface area contributed by atoms with Crippen LogP contribution in [0.1, 0.15) is 55.6 Å². The number of H-pyrrole nitrogens is 1. The van der Waals surface area contributed by atoms with Crippen molar-refractivity contribution in [1.82, 2.24) is 9.97 Å².